The van der Waals surface area contributed by atoms with Gasteiger partial charge in [0.15, 0.2) is 0 Å². The van der Waals surface area contributed by atoms with Crippen LogP contribution in [0.15, 0.2) is 22.3 Å². The molecule has 0 atom stereocenters. The molecule has 0 amide bonds. The minimum absolute atomic E-state index is 0.175. The molecule has 0 aliphatic heterocycles. The first-order valence-corrected chi connectivity index (χ1v) is 5.23. The Morgan fingerprint density at radius 2 is 2.13 bits per heavy atom. The predicted molar refractivity (Wildman–Crippen MR) is 63.9 cm³/mol. The lowest BCUT2D eigenvalue weighted by Gasteiger charge is -2.04. The number of hydrogen-bond donors (Lipinski definition) is 0. The van der Waals surface area contributed by atoms with Gasteiger partial charge in [0.05, 0.1) is 6.61 Å². The van der Waals surface area contributed by atoms with E-state index in [2.05, 4.69) is 16.7 Å². The van der Waals surface area contributed by atoms with E-state index in [9.17, 15) is 0 Å². The summed E-state index contributed by atoms with van der Waals surface area (Å²) in [5.41, 5.74) is 0. The van der Waals surface area contributed by atoms with E-state index in [-0.39, 0.29) is 6.00 Å². The largest absolute Gasteiger partial charge is 0.478 e. The van der Waals surface area contributed by atoms with Gasteiger partial charge in [0.2, 0.25) is 5.90 Å². The van der Waals surface area contributed by atoms with Crippen LogP contribution in [0.3, 0.4) is 0 Å². The number of methoxy groups -OCH3 is 1. The number of unbranched alkanes of at least 4 members (excludes halogenated alkanes) is 1. The molecule has 0 aliphatic carbocycles. The van der Waals surface area contributed by atoms with Gasteiger partial charge in [0.25, 0.3) is 0 Å². The number of nitrogens with zero attached hydrogens (tertiary/aromatic N) is 2. The van der Waals surface area contributed by atoms with Gasteiger partial charge in [-0.3, -0.25) is 4.99 Å². The average Bonchev–Trinajstić information content (AvgIpc) is 2.25. The fourth-order valence-corrected chi connectivity index (χ4v) is 0.965. The first-order chi connectivity index (χ1) is 7.35. The maximum atomic E-state index is 5.47. The lowest BCUT2D eigenvalue weighted by molar-refractivity contribution is 0.183. The molecule has 0 unspecified atom stereocenters. The Hall–Kier alpha value is -0.870. The van der Waals surface area contributed by atoms with Gasteiger partial charge >= 0.3 is 0 Å². The van der Waals surface area contributed by atoms with Crippen LogP contribution in [0.5, 0.6) is 0 Å². The minimum atomic E-state index is 0.175. The molecular formula is C10H17ClN2O2. The zero-order valence-corrected chi connectivity index (χ0v) is 9.74. The Kier molecular flexibility index (Phi) is 10.6. The van der Waals surface area contributed by atoms with E-state index in [1.807, 2.05) is 0 Å². The number of alkyl halides is 1. The van der Waals surface area contributed by atoms with Crippen LogP contribution in [-0.2, 0) is 9.47 Å². The Balaban J connectivity index is 3.72. The number of rotatable bonds is 8. The minimum Gasteiger partial charge on any atom is -0.478 e. The van der Waals surface area contributed by atoms with Gasteiger partial charge in [-0.05, 0) is 19.6 Å². The lowest BCUT2D eigenvalue weighted by atomic mass is 10.3. The third kappa shape index (κ3) is 9.43. The van der Waals surface area contributed by atoms with Crippen LogP contribution < -0.4 is 0 Å². The highest BCUT2D eigenvalue weighted by Crippen LogP contribution is 1.95. The summed E-state index contributed by atoms with van der Waals surface area (Å²) in [4.78, 5) is 7.49. The van der Waals surface area contributed by atoms with Gasteiger partial charge in [0.1, 0.15) is 6.00 Å². The normalized spacial score (nSPS) is 12.0. The van der Waals surface area contributed by atoms with Crippen molar-refractivity contribution in [2.24, 2.45) is 9.98 Å². The summed E-state index contributed by atoms with van der Waals surface area (Å²) in [5, 5.41) is 0. The van der Waals surface area contributed by atoms with E-state index in [0.29, 0.717) is 12.5 Å². The second kappa shape index (κ2) is 11.2. The molecule has 5 heteroatoms. The molecule has 0 spiro atoms. The molecule has 0 saturated carbocycles. The average molecular weight is 233 g/mol. The molecule has 0 aliphatic rings. The molecule has 15 heavy (non-hydrogen) atoms. The van der Waals surface area contributed by atoms with Crippen molar-refractivity contribution >= 4 is 24.2 Å². The summed E-state index contributed by atoms with van der Waals surface area (Å²) in [6.07, 6.45) is 5.03. The standard InChI is InChI=1S/C10H17ClN2O2/c1-12-6-5-10(13-9-11)15-8-4-3-7-14-2/h5-6H,1,3-4,7-9H2,2H3/b6-5-,13-10+. The number of aliphatic imine (C=N–C) groups is 2. The maximum absolute atomic E-state index is 5.47. The predicted octanol–water partition coefficient (Wildman–Crippen LogP) is 2.24. The summed E-state index contributed by atoms with van der Waals surface area (Å²) in [7, 11) is 1.68. The van der Waals surface area contributed by atoms with Gasteiger partial charge < -0.3 is 9.47 Å². The van der Waals surface area contributed by atoms with E-state index in [0.717, 1.165) is 19.4 Å². The van der Waals surface area contributed by atoms with Crippen molar-refractivity contribution in [1.29, 1.82) is 0 Å². The van der Waals surface area contributed by atoms with E-state index in [1.165, 1.54) is 6.20 Å². The molecular weight excluding hydrogens is 216 g/mol. The summed E-state index contributed by atoms with van der Waals surface area (Å²) in [6, 6.07) is 0.175. The molecule has 0 radical (unpaired) electrons. The maximum Gasteiger partial charge on any atom is 0.211 e. The van der Waals surface area contributed by atoms with Crippen LogP contribution in [-0.4, -0.2) is 38.9 Å². The van der Waals surface area contributed by atoms with Crippen LogP contribution in [0, 0.1) is 0 Å². The van der Waals surface area contributed by atoms with Crippen LogP contribution in [0.25, 0.3) is 0 Å². The topological polar surface area (TPSA) is 43.2 Å². The number of halogens is 1. The van der Waals surface area contributed by atoms with Crippen LogP contribution in [0.4, 0.5) is 0 Å². The summed E-state index contributed by atoms with van der Waals surface area (Å²) in [5.74, 6) is 0.481. The van der Waals surface area contributed by atoms with Crippen molar-refractivity contribution in [2.45, 2.75) is 12.8 Å². The molecule has 0 saturated heterocycles. The Morgan fingerprint density at radius 3 is 2.73 bits per heavy atom. The smallest absolute Gasteiger partial charge is 0.211 e. The fraction of sp³-hybridized carbons (Fsp3) is 0.600. The highest BCUT2D eigenvalue weighted by atomic mass is 35.5. The van der Waals surface area contributed by atoms with E-state index in [1.54, 1.807) is 13.2 Å². The van der Waals surface area contributed by atoms with E-state index in [4.69, 9.17) is 21.1 Å². The monoisotopic (exact) mass is 232 g/mol. The van der Waals surface area contributed by atoms with Crippen molar-refractivity contribution < 1.29 is 9.47 Å². The first kappa shape index (κ1) is 14.1. The molecule has 0 fully saturated rings. The molecule has 4 nitrogen and oxygen atoms in total. The van der Waals surface area contributed by atoms with Crippen LogP contribution in [0.1, 0.15) is 12.8 Å². The van der Waals surface area contributed by atoms with Gasteiger partial charge in [-0.2, -0.15) is 0 Å². The highest BCUT2D eigenvalue weighted by Gasteiger charge is 1.94. The van der Waals surface area contributed by atoms with Crippen molar-refractivity contribution in [3.8, 4) is 0 Å². The zero-order valence-electron chi connectivity index (χ0n) is 8.99. The van der Waals surface area contributed by atoms with Gasteiger partial charge in [-0.25, -0.2) is 4.99 Å². The summed E-state index contributed by atoms with van der Waals surface area (Å²) < 4.78 is 10.3. The molecule has 0 N–H and O–H groups in total. The lowest BCUT2D eigenvalue weighted by Crippen LogP contribution is -2.04. The van der Waals surface area contributed by atoms with Crippen molar-refractivity contribution in [3.05, 3.63) is 12.3 Å². The summed E-state index contributed by atoms with van der Waals surface area (Å²) in [6.45, 7) is 4.66. The Morgan fingerprint density at radius 1 is 1.40 bits per heavy atom. The zero-order chi connectivity index (χ0) is 11.4. The molecule has 0 aromatic rings. The van der Waals surface area contributed by atoms with E-state index >= 15 is 0 Å². The molecule has 0 heterocycles. The molecule has 0 aromatic heterocycles. The Labute approximate surface area is 95.7 Å². The second-order valence-corrected chi connectivity index (χ2v) is 2.90. The molecule has 0 bridgehead atoms. The number of hydrogen-bond acceptors (Lipinski definition) is 4. The van der Waals surface area contributed by atoms with Crippen molar-refractivity contribution in [2.75, 3.05) is 26.3 Å². The first-order valence-electron chi connectivity index (χ1n) is 4.69. The third-order valence-electron chi connectivity index (χ3n) is 1.53. The third-order valence-corrected chi connectivity index (χ3v) is 1.65. The Bertz CT molecular complexity index is 217. The van der Waals surface area contributed by atoms with E-state index < -0.39 is 0 Å². The molecule has 86 valence electrons. The van der Waals surface area contributed by atoms with Crippen LogP contribution >= 0.6 is 11.6 Å². The van der Waals surface area contributed by atoms with Gasteiger partial charge in [-0.15, -0.1) is 11.6 Å². The SMILES string of the molecule is C=N/C=C\C(=N/CCl)OCCCCOC. The van der Waals surface area contributed by atoms with Crippen LogP contribution in [0.2, 0.25) is 0 Å². The van der Waals surface area contributed by atoms with Crippen molar-refractivity contribution in [3.63, 3.8) is 0 Å². The van der Waals surface area contributed by atoms with Gasteiger partial charge in [0, 0.05) is 26.0 Å². The second-order valence-electron chi connectivity index (χ2n) is 2.66. The molecule has 0 aromatic carbocycles. The highest BCUT2D eigenvalue weighted by molar-refractivity contribution is 6.18. The summed E-state index contributed by atoms with van der Waals surface area (Å²) >= 11 is 5.47. The van der Waals surface area contributed by atoms with Crippen molar-refractivity contribution in [1.82, 2.24) is 0 Å². The van der Waals surface area contributed by atoms with Gasteiger partial charge in [-0.1, -0.05) is 0 Å². The fourth-order valence-electron chi connectivity index (χ4n) is 0.847. The quantitative estimate of drug-likeness (QED) is 0.212. The number of ether oxygens (including phenoxy) is 2. The molecule has 0 rings (SSSR count).